The predicted octanol–water partition coefficient (Wildman–Crippen LogP) is 3.02. The minimum atomic E-state index is -0.263. The van der Waals surface area contributed by atoms with Gasteiger partial charge in [-0.2, -0.15) is 0 Å². The number of rotatable bonds is 7. The predicted molar refractivity (Wildman–Crippen MR) is 71.7 cm³/mol. The first-order valence-corrected chi connectivity index (χ1v) is 6.73. The van der Waals surface area contributed by atoms with E-state index in [1.165, 1.54) is 6.07 Å². The van der Waals surface area contributed by atoms with Crippen LogP contribution in [0.1, 0.15) is 25.3 Å². The first-order valence-electron chi connectivity index (χ1n) is 5.93. The minimum absolute atomic E-state index is 0.172. The van der Waals surface area contributed by atoms with Crippen molar-refractivity contribution in [1.29, 1.82) is 0 Å². The van der Waals surface area contributed by atoms with E-state index in [1.807, 2.05) is 6.07 Å². The highest BCUT2D eigenvalue weighted by molar-refractivity contribution is 9.10. The molecule has 3 nitrogen and oxygen atoms in total. The van der Waals surface area contributed by atoms with Crippen LogP contribution in [0.15, 0.2) is 22.7 Å². The van der Waals surface area contributed by atoms with Crippen LogP contribution in [0, 0.1) is 5.82 Å². The van der Waals surface area contributed by atoms with Crippen LogP contribution in [-0.2, 0) is 16.1 Å². The smallest absolute Gasteiger partial charge is 0.305 e. The van der Waals surface area contributed by atoms with Gasteiger partial charge in [-0.15, -0.1) is 0 Å². The summed E-state index contributed by atoms with van der Waals surface area (Å²) >= 11 is 3.11. The van der Waals surface area contributed by atoms with Gasteiger partial charge in [0, 0.05) is 13.0 Å². The van der Waals surface area contributed by atoms with Crippen molar-refractivity contribution in [3.05, 3.63) is 34.1 Å². The number of hydrogen-bond donors (Lipinski definition) is 1. The van der Waals surface area contributed by atoms with Gasteiger partial charge in [0.15, 0.2) is 0 Å². The van der Waals surface area contributed by atoms with E-state index in [0.717, 1.165) is 12.0 Å². The van der Waals surface area contributed by atoms with Crippen molar-refractivity contribution >= 4 is 21.9 Å². The van der Waals surface area contributed by atoms with E-state index in [1.54, 1.807) is 13.0 Å². The second-order valence-corrected chi connectivity index (χ2v) is 4.69. The molecule has 0 saturated carbocycles. The van der Waals surface area contributed by atoms with Gasteiger partial charge < -0.3 is 10.1 Å². The van der Waals surface area contributed by atoms with Crippen molar-refractivity contribution in [2.24, 2.45) is 0 Å². The van der Waals surface area contributed by atoms with Crippen molar-refractivity contribution in [3.63, 3.8) is 0 Å². The molecular formula is C13H17BrFNO2. The summed E-state index contributed by atoms with van der Waals surface area (Å²) in [5.41, 5.74) is 0.881. The van der Waals surface area contributed by atoms with Crippen molar-refractivity contribution in [2.75, 3.05) is 13.2 Å². The standard InChI is InChI=1S/C13H17BrFNO2/c1-2-18-13(17)4-3-7-16-9-10-5-6-11(14)12(15)8-10/h5-6,8,16H,2-4,7,9H2,1H3. The highest BCUT2D eigenvalue weighted by Gasteiger charge is 2.02. The van der Waals surface area contributed by atoms with Crippen LogP contribution < -0.4 is 5.32 Å². The molecule has 0 aliphatic carbocycles. The van der Waals surface area contributed by atoms with Crippen LogP contribution in [0.3, 0.4) is 0 Å². The van der Waals surface area contributed by atoms with Crippen molar-refractivity contribution in [1.82, 2.24) is 5.32 Å². The Morgan fingerprint density at radius 3 is 2.94 bits per heavy atom. The topological polar surface area (TPSA) is 38.3 Å². The fourth-order valence-electron chi connectivity index (χ4n) is 1.47. The third-order valence-electron chi connectivity index (χ3n) is 2.35. The molecule has 100 valence electrons. The Kier molecular flexibility index (Phi) is 6.90. The largest absolute Gasteiger partial charge is 0.466 e. The summed E-state index contributed by atoms with van der Waals surface area (Å²) in [5, 5.41) is 3.16. The zero-order valence-electron chi connectivity index (χ0n) is 10.3. The zero-order valence-corrected chi connectivity index (χ0v) is 11.9. The summed E-state index contributed by atoms with van der Waals surface area (Å²) in [6.45, 7) is 3.51. The van der Waals surface area contributed by atoms with Crippen molar-refractivity contribution < 1.29 is 13.9 Å². The third kappa shape index (κ3) is 5.60. The van der Waals surface area contributed by atoms with Gasteiger partial charge in [-0.05, 0) is 53.5 Å². The number of benzene rings is 1. The molecule has 0 amide bonds. The van der Waals surface area contributed by atoms with E-state index in [2.05, 4.69) is 21.2 Å². The maximum absolute atomic E-state index is 13.2. The van der Waals surface area contributed by atoms with Gasteiger partial charge in [0.25, 0.3) is 0 Å². The van der Waals surface area contributed by atoms with Crippen molar-refractivity contribution in [3.8, 4) is 0 Å². The Morgan fingerprint density at radius 2 is 2.28 bits per heavy atom. The number of ether oxygens (including phenoxy) is 1. The lowest BCUT2D eigenvalue weighted by atomic mass is 10.2. The molecule has 0 atom stereocenters. The minimum Gasteiger partial charge on any atom is -0.466 e. The Labute approximate surface area is 115 Å². The van der Waals surface area contributed by atoms with Gasteiger partial charge in [0.05, 0.1) is 11.1 Å². The molecule has 1 N–H and O–H groups in total. The average molecular weight is 318 g/mol. The van der Waals surface area contributed by atoms with E-state index in [9.17, 15) is 9.18 Å². The summed E-state index contributed by atoms with van der Waals surface area (Å²) in [6, 6.07) is 5.03. The van der Waals surface area contributed by atoms with E-state index < -0.39 is 0 Å². The molecule has 0 aliphatic rings. The molecule has 1 aromatic rings. The monoisotopic (exact) mass is 317 g/mol. The molecule has 18 heavy (non-hydrogen) atoms. The molecule has 0 saturated heterocycles. The SMILES string of the molecule is CCOC(=O)CCCNCc1ccc(Br)c(F)c1. The maximum atomic E-state index is 13.2. The number of esters is 1. The van der Waals surface area contributed by atoms with Gasteiger partial charge in [0.1, 0.15) is 5.82 Å². The number of nitrogens with one attached hydrogen (secondary N) is 1. The normalized spacial score (nSPS) is 10.4. The van der Waals surface area contributed by atoms with Gasteiger partial charge in [0.2, 0.25) is 0 Å². The molecule has 0 heterocycles. The summed E-state index contributed by atoms with van der Waals surface area (Å²) < 4.78 is 18.5. The van der Waals surface area contributed by atoms with E-state index in [0.29, 0.717) is 30.6 Å². The maximum Gasteiger partial charge on any atom is 0.305 e. The third-order valence-corrected chi connectivity index (χ3v) is 3.00. The van der Waals surface area contributed by atoms with Crippen LogP contribution in [0.4, 0.5) is 4.39 Å². The molecular weight excluding hydrogens is 301 g/mol. The zero-order chi connectivity index (χ0) is 13.4. The van der Waals surface area contributed by atoms with Gasteiger partial charge in [-0.3, -0.25) is 4.79 Å². The summed E-state index contributed by atoms with van der Waals surface area (Å²) in [5.74, 6) is -0.435. The number of halogens is 2. The lowest BCUT2D eigenvalue weighted by Gasteiger charge is -2.05. The average Bonchev–Trinajstić information content (AvgIpc) is 2.33. The first-order chi connectivity index (χ1) is 8.63. The molecule has 0 fully saturated rings. The molecule has 0 radical (unpaired) electrons. The lowest BCUT2D eigenvalue weighted by molar-refractivity contribution is -0.143. The Balaban J connectivity index is 2.18. The van der Waals surface area contributed by atoms with Crippen LogP contribution in [0.5, 0.6) is 0 Å². The number of carbonyl (C=O) groups is 1. The van der Waals surface area contributed by atoms with Gasteiger partial charge >= 0.3 is 5.97 Å². The molecule has 1 aromatic carbocycles. The Bertz CT molecular complexity index is 399. The second-order valence-electron chi connectivity index (χ2n) is 3.83. The van der Waals surface area contributed by atoms with Gasteiger partial charge in [-0.1, -0.05) is 6.07 Å². The molecule has 0 unspecified atom stereocenters. The summed E-state index contributed by atoms with van der Waals surface area (Å²) in [7, 11) is 0. The summed E-state index contributed by atoms with van der Waals surface area (Å²) in [4.78, 5) is 11.1. The Hall–Kier alpha value is -0.940. The first kappa shape index (κ1) is 15.1. The second kappa shape index (κ2) is 8.21. The number of carbonyl (C=O) groups excluding carboxylic acids is 1. The lowest BCUT2D eigenvalue weighted by Crippen LogP contribution is -2.16. The van der Waals surface area contributed by atoms with Crippen LogP contribution in [0.2, 0.25) is 0 Å². The van der Waals surface area contributed by atoms with Crippen LogP contribution in [0.25, 0.3) is 0 Å². The molecule has 0 bridgehead atoms. The van der Waals surface area contributed by atoms with E-state index in [4.69, 9.17) is 4.74 Å². The van der Waals surface area contributed by atoms with Crippen LogP contribution in [-0.4, -0.2) is 19.1 Å². The van der Waals surface area contributed by atoms with E-state index >= 15 is 0 Å². The fraction of sp³-hybridized carbons (Fsp3) is 0.462. The molecule has 1 rings (SSSR count). The van der Waals surface area contributed by atoms with Crippen LogP contribution >= 0.6 is 15.9 Å². The molecule has 0 aliphatic heterocycles. The fourth-order valence-corrected chi connectivity index (χ4v) is 1.72. The molecule has 5 heteroatoms. The Morgan fingerprint density at radius 1 is 1.50 bits per heavy atom. The van der Waals surface area contributed by atoms with E-state index in [-0.39, 0.29) is 11.8 Å². The quantitative estimate of drug-likeness (QED) is 0.620. The highest BCUT2D eigenvalue weighted by Crippen LogP contribution is 2.16. The molecule has 0 aromatic heterocycles. The molecule has 0 spiro atoms. The highest BCUT2D eigenvalue weighted by atomic mass is 79.9. The summed E-state index contributed by atoms with van der Waals surface area (Å²) in [6.07, 6.45) is 1.13. The van der Waals surface area contributed by atoms with Crippen molar-refractivity contribution in [2.45, 2.75) is 26.3 Å². The van der Waals surface area contributed by atoms with Gasteiger partial charge in [-0.25, -0.2) is 4.39 Å². The number of hydrogen-bond acceptors (Lipinski definition) is 3.